The number of aryl methyl sites for hydroxylation is 1. The highest BCUT2D eigenvalue weighted by molar-refractivity contribution is 5.92. The fourth-order valence-electron chi connectivity index (χ4n) is 2.90. The van der Waals surface area contributed by atoms with Crippen LogP contribution in [0.1, 0.15) is 54.5 Å². The summed E-state index contributed by atoms with van der Waals surface area (Å²) in [5, 5.41) is 2.87. The molecule has 2 atom stereocenters. The average molecular weight is 332 g/mol. The summed E-state index contributed by atoms with van der Waals surface area (Å²) in [7, 11) is 0. The molecular weight excluding hydrogens is 311 g/mol. The Morgan fingerprint density at radius 3 is 2.88 bits per heavy atom. The fraction of sp³-hybridized carbons (Fsp3) is 0.444. The maximum Gasteiger partial charge on any atom is 0.289 e. The Bertz CT molecular complexity index is 770. The van der Waals surface area contributed by atoms with Crippen LogP contribution in [-0.4, -0.2) is 17.0 Å². The molecule has 6 heteroatoms. The first-order valence-corrected chi connectivity index (χ1v) is 8.09. The zero-order valence-corrected chi connectivity index (χ0v) is 14.2. The van der Waals surface area contributed by atoms with E-state index in [2.05, 4.69) is 24.1 Å². The number of ether oxygens (including phenoxy) is 1. The second-order valence-electron chi connectivity index (χ2n) is 6.55. The summed E-state index contributed by atoms with van der Waals surface area (Å²) in [6.07, 6.45) is 0.310. The van der Waals surface area contributed by atoms with Gasteiger partial charge in [0, 0.05) is 12.0 Å². The highest BCUT2D eigenvalue weighted by atomic mass is 19.1. The number of hydrogen-bond acceptors (Lipinski definition) is 4. The van der Waals surface area contributed by atoms with Gasteiger partial charge >= 0.3 is 0 Å². The largest absolute Gasteiger partial charge is 0.485 e. The number of nitrogens with zero attached hydrogens (tertiary/aromatic N) is 1. The molecule has 1 aliphatic rings. The quantitative estimate of drug-likeness (QED) is 0.929. The van der Waals surface area contributed by atoms with Crippen molar-refractivity contribution in [2.45, 2.75) is 46.3 Å². The van der Waals surface area contributed by atoms with Gasteiger partial charge in [0.05, 0.1) is 11.7 Å². The minimum atomic E-state index is -0.429. The van der Waals surface area contributed by atoms with E-state index in [1.165, 1.54) is 6.07 Å². The number of carbonyl (C=O) groups is 1. The van der Waals surface area contributed by atoms with Crippen molar-refractivity contribution < 1.29 is 18.3 Å². The lowest BCUT2D eigenvalue weighted by Gasteiger charge is -2.16. The van der Waals surface area contributed by atoms with Crippen molar-refractivity contribution in [1.29, 1.82) is 0 Å². The van der Waals surface area contributed by atoms with E-state index in [1.807, 2.05) is 0 Å². The lowest BCUT2D eigenvalue weighted by Crippen LogP contribution is -2.34. The first-order chi connectivity index (χ1) is 11.4. The molecular formula is C18H21FN2O3. The Labute approximate surface area is 140 Å². The first-order valence-electron chi connectivity index (χ1n) is 8.09. The van der Waals surface area contributed by atoms with Gasteiger partial charge in [-0.1, -0.05) is 26.0 Å². The standard InChI is InChI=1S/C18H21FN2O3/c1-9(2)8-14-20-10(3)16(24-14)18(22)21-15-11(4)23-17-12(15)6-5-7-13(17)19/h5-7,9,11,15H,8H2,1-4H3,(H,21,22)/t11-,15-/m0/s1. The predicted octanol–water partition coefficient (Wildman–Crippen LogP) is 3.57. The molecule has 1 N–H and O–H groups in total. The zero-order chi connectivity index (χ0) is 17.4. The Morgan fingerprint density at radius 2 is 2.17 bits per heavy atom. The van der Waals surface area contributed by atoms with E-state index in [0.29, 0.717) is 29.5 Å². The topological polar surface area (TPSA) is 64.4 Å². The van der Waals surface area contributed by atoms with E-state index >= 15 is 0 Å². The zero-order valence-electron chi connectivity index (χ0n) is 14.2. The number of aromatic nitrogens is 1. The number of fused-ring (bicyclic) bond motifs is 1. The molecule has 1 aromatic heterocycles. The van der Waals surface area contributed by atoms with Crippen molar-refractivity contribution in [2.24, 2.45) is 5.92 Å². The first kappa shape index (κ1) is 16.5. The molecule has 0 aliphatic carbocycles. The second-order valence-corrected chi connectivity index (χ2v) is 6.55. The van der Waals surface area contributed by atoms with Crippen LogP contribution >= 0.6 is 0 Å². The number of nitrogens with one attached hydrogen (secondary N) is 1. The van der Waals surface area contributed by atoms with Crippen LogP contribution in [0.4, 0.5) is 4.39 Å². The lowest BCUT2D eigenvalue weighted by molar-refractivity contribution is 0.0876. The van der Waals surface area contributed by atoms with Gasteiger partial charge in [-0.25, -0.2) is 9.37 Å². The van der Waals surface area contributed by atoms with E-state index in [4.69, 9.17) is 9.15 Å². The van der Waals surface area contributed by atoms with Gasteiger partial charge in [0.2, 0.25) is 5.76 Å². The molecule has 1 amide bonds. The smallest absolute Gasteiger partial charge is 0.289 e. The molecule has 2 heterocycles. The molecule has 24 heavy (non-hydrogen) atoms. The van der Waals surface area contributed by atoms with E-state index in [0.717, 1.165) is 0 Å². The number of benzene rings is 1. The normalized spacial score (nSPS) is 19.2. The molecule has 3 rings (SSSR count). The number of rotatable bonds is 4. The Balaban J connectivity index is 1.81. The monoisotopic (exact) mass is 332 g/mol. The summed E-state index contributed by atoms with van der Waals surface area (Å²) in [5.41, 5.74) is 1.18. The van der Waals surface area contributed by atoms with Gasteiger partial charge in [0.1, 0.15) is 6.10 Å². The molecule has 0 bridgehead atoms. The molecule has 2 aromatic rings. The van der Waals surface area contributed by atoms with Crippen molar-refractivity contribution in [3.8, 4) is 5.75 Å². The third-order valence-corrected chi connectivity index (χ3v) is 4.02. The SMILES string of the molecule is Cc1nc(CC(C)C)oc1C(=O)N[C@@H]1c2cccc(F)c2O[C@H]1C. The van der Waals surface area contributed by atoms with E-state index < -0.39 is 11.9 Å². The maximum absolute atomic E-state index is 13.8. The molecule has 1 aliphatic heterocycles. The predicted molar refractivity (Wildman–Crippen MR) is 86.5 cm³/mol. The number of amides is 1. The van der Waals surface area contributed by atoms with Gasteiger partial charge in [0.15, 0.2) is 17.5 Å². The third-order valence-electron chi connectivity index (χ3n) is 4.02. The van der Waals surface area contributed by atoms with Gasteiger partial charge in [-0.05, 0) is 25.8 Å². The van der Waals surface area contributed by atoms with Crippen LogP contribution in [0.3, 0.4) is 0 Å². The van der Waals surface area contributed by atoms with Gasteiger partial charge in [-0.2, -0.15) is 0 Å². The van der Waals surface area contributed by atoms with E-state index in [9.17, 15) is 9.18 Å². The highest BCUT2D eigenvalue weighted by Gasteiger charge is 2.35. The van der Waals surface area contributed by atoms with Crippen molar-refractivity contribution in [2.75, 3.05) is 0 Å². The summed E-state index contributed by atoms with van der Waals surface area (Å²) in [6.45, 7) is 7.65. The Morgan fingerprint density at radius 1 is 1.42 bits per heavy atom. The highest BCUT2D eigenvalue weighted by Crippen LogP contribution is 2.38. The maximum atomic E-state index is 13.8. The van der Waals surface area contributed by atoms with Crippen molar-refractivity contribution in [3.05, 3.63) is 46.9 Å². The number of hydrogen-bond donors (Lipinski definition) is 1. The summed E-state index contributed by atoms with van der Waals surface area (Å²) >= 11 is 0. The van der Waals surface area contributed by atoms with E-state index in [-0.39, 0.29) is 23.5 Å². The third kappa shape index (κ3) is 3.00. The van der Waals surface area contributed by atoms with Gasteiger partial charge < -0.3 is 14.5 Å². The van der Waals surface area contributed by atoms with Crippen LogP contribution in [0.2, 0.25) is 0 Å². The Kier molecular flexibility index (Phi) is 4.30. The molecule has 0 spiro atoms. The second kappa shape index (κ2) is 6.26. The van der Waals surface area contributed by atoms with Crippen molar-refractivity contribution in [1.82, 2.24) is 10.3 Å². The summed E-state index contributed by atoms with van der Waals surface area (Å²) < 4.78 is 25.0. The molecule has 5 nitrogen and oxygen atoms in total. The fourth-order valence-corrected chi connectivity index (χ4v) is 2.90. The van der Waals surface area contributed by atoms with Gasteiger partial charge in [-0.3, -0.25) is 4.79 Å². The molecule has 128 valence electrons. The number of carbonyl (C=O) groups excluding carboxylic acids is 1. The van der Waals surface area contributed by atoms with Crippen molar-refractivity contribution in [3.63, 3.8) is 0 Å². The number of oxazole rings is 1. The molecule has 0 fully saturated rings. The van der Waals surface area contributed by atoms with Gasteiger partial charge in [0.25, 0.3) is 5.91 Å². The lowest BCUT2D eigenvalue weighted by atomic mass is 10.0. The summed E-state index contributed by atoms with van der Waals surface area (Å²) in [5.74, 6) is 0.540. The van der Waals surface area contributed by atoms with Gasteiger partial charge in [-0.15, -0.1) is 0 Å². The number of halogens is 1. The van der Waals surface area contributed by atoms with Crippen LogP contribution in [-0.2, 0) is 6.42 Å². The minimum absolute atomic E-state index is 0.197. The summed E-state index contributed by atoms with van der Waals surface area (Å²) in [6, 6.07) is 4.27. The average Bonchev–Trinajstić information content (AvgIpc) is 3.01. The molecule has 0 radical (unpaired) electrons. The van der Waals surface area contributed by atoms with Crippen LogP contribution in [0.15, 0.2) is 22.6 Å². The Hall–Kier alpha value is -2.37. The van der Waals surface area contributed by atoms with Crippen LogP contribution in [0.25, 0.3) is 0 Å². The number of para-hydroxylation sites is 1. The van der Waals surface area contributed by atoms with E-state index in [1.54, 1.807) is 26.0 Å². The minimum Gasteiger partial charge on any atom is -0.485 e. The molecule has 0 saturated carbocycles. The molecule has 0 unspecified atom stereocenters. The van der Waals surface area contributed by atoms with Crippen molar-refractivity contribution >= 4 is 5.91 Å². The van der Waals surface area contributed by atoms with Crippen LogP contribution in [0, 0.1) is 18.7 Å². The molecule has 0 saturated heterocycles. The van der Waals surface area contributed by atoms with Crippen LogP contribution < -0.4 is 10.1 Å². The molecule has 1 aromatic carbocycles. The van der Waals surface area contributed by atoms with Crippen LogP contribution in [0.5, 0.6) is 5.75 Å². The summed E-state index contributed by atoms with van der Waals surface area (Å²) in [4.78, 5) is 16.9.